The highest BCUT2D eigenvalue weighted by Gasteiger charge is 2.45. The van der Waals surface area contributed by atoms with Crippen molar-refractivity contribution in [3.8, 4) is 6.07 Å². The van der Waals surface area contributed by atoms with Crippen molar-refractivity contribution in [1.29, 1.82) is 5.26 Å². The molecular formula is C16H19N7. The van der Waals surface area contributed by atoms with Crippen molar-refractivity contribution in [3.63, 3.8) is 0 Å². The number of fused-ring (bicyclic) bond motifs is 1. The summed E-state index contributed by atoms with van der Waals surface area (Å²) in [7, 11) is 0. The van der Waals surface area contributed by atoms with E-state index in [4.69, 9.17) is 10.7 Å². The minimum Gasteiger partial charge on any atom is -0.384 e. The Labute approximate surface area is 134 Å². The van der Waals surface area contributed by atoms with Crippen LogP contribution in [0, 0.1) is 11.3 Å². The van der Waals surface area contributed by atoms with Gasteiger partial charge < -0.3 is 26.6 Å². The number of likely N-dealkylation sites (tertiary alicyclic amines) is 1. The SMILES string of the molecule is N#CC1=C(N)NC(N2CCCCC2)=NC12Nc1ccccc1N2. The minimum atomic E-state index is -1.03. The molecule has 1 saturated heterocycles. The normalized spacial score (nSPS) is 21.7. The molecule has 0 atom stereocenters. The fourth-order valence-corrected chi connectivity index (χ4v) is 3.32. The monoisotopic (exact) mass is 309 g/mol. The Morgan fingerprint density at radius 2 is 1.78 bits per heavy atom. The average Bonchev–Trinajstić information content (AvgIpc) is 2.93. The molecular weight excluding hydrogens is 290 g/mol. The Morgan fingerprint density at radius 3 is 2.39 bits per heavy atom. The molecule has 0 bridgehead atoms. The van der Waals surface area contributed by atoms with Crippen LogP contribution < -0.4 is 21.7 Å². The van der Waals surface area contributed by atoms with Crippen LogP contribution in [0.15, 0.2) is 40.7 Å². The van der Waals surface area contributed by atoms with Gasteiger partial charge in [0, 0.05) is 13.1 Å². The van der Waals surface area contributed by atoms with Gasteiger partial charge in [-0.25, -0.2) is 0 Å². The molecule has 23 heavy (non-hydrogen) atoms. The summed E-state index contributed by atoms with van der Waals surface area (Å²) in [4.78, 5) is 7.00. The largest absolute Gasteiger partial charge is 0.384 e. The summed E-state index contributed by atoms with van der Waals surface area (Å²) in [6.07, 6.45) is 3.53. The quantitative estimate of drug-likeness (QED) is 0.576. The van der Waals surface area contributed by atoms with E-state index in [0.717, 1.165) is 37.3 Å². The number of anilines is 2. The second-order valence-corrected chi connectivity index (χ2v) is 6.01. The van der Waals surface area contributed by atoms with Crippen LogP contribution in [-0.2, 0) is 0 Å². The number of benzene rings is 1. The molecule has 118 valence electrons. The van der Waals surface area contributed by atoms with Gasteiger partial charge >= 0.3 is 0 Å². The third-order valence-corrected chi connectivity index (χ3v) is 4.48. The molecule has 0 aliphatic carbocycles. The third-order valence-electron chi connectivity index (χ3n) is 4.48. The van der Waals surface area contributed by atoms with Gasteiger partial charge in [0.2, 0.25) is 11.7 Å². The number of rotatable bonds is 0. The predicted octanol–water partition coefficient (Wildman–Crippen LogP) is 1.32. The van der Waals surface area contributed by atoms with E-state index >= 15 is 0 Å². The number of nitriles is 1. The molecule has 1 fully saturated rings. The predicted molar refractivity (Wildman–Crippen MR) is 89.2 cm³/mol. The summed E-state index contributed by atoms with van der Waals surface area (Å²) in [6.45, 7) is 1.90. The Hall–Kier alpha value is -2.88. The molecule has 0 unspecified atom stereocenters. The highest BCUT2D eigenvalue weighted by molar-refractivity contribution is 5.88. The second kappa shape index (κ2) is 5.09. The standard InChI is InChI=1S/C16H19N7/c17-10-11-14(18)19-15(23-8-4-1-5-9-23)22-16(11)20-12-6-2-3-7-13(12)21-16/h2-3,6-7,20-21H,1,4-5,8-9,18H2,(H,19,22). The summed E-state index contributed by atoms with van der Waals surface area (Å²) in [5, 5.41) is 19.3. The van der Waals surface area contributed by atoms with Crippen molar-refractivity contribution >= 4 is 17.3 Å². The van der Waals surface area contributed by atoms with E-state index in [-0.39, 0.29) is 0 Å². The summed E-state index contributed by atoms with van der Waals surface area (Å²) in [5.74, 6) is 0.0328. The van der Waals surface area contributed by atoms with Crippen molar-refractivity contribution in [2.75, 3.05) is 23.7 Å². The zero-order chi connectivity index (χ0) is 15.9. The first kappa shape index (κ1) is 13.8. The van der Waals surface area contributed by atoms with Crippen LogP contribution in [0.5, 0.6) is 0 Å². The van der Waals surface area contributed by atoms with Crippen LogP contribution in [0.2, 0.25) is 0 Å². The van der Waals surface area contributed by atoms with Crippen LogP contribution >= 0.6 is 0 Å². The highest BCUT2D eigenvalue weighted by Crippen LogP contribution is 2.39. The summed E-state index contributed by atoms with van der Waals surface area (Å²) >= 11 is 0. The third kappa shape index (κ3) is 2.14. The molecule has 7 heteroatoms. The van der Waals surface area contributed by atoms with Gasteiger partial charge in [0.25, 0.3) is 0 Å². The van der Waals surface area contributed by atoms with Crippen LogP contribution in [0.25, 0.3) is 0 Å². The molecule has 3 aliphatic rings. The second-order valence-electron chi connectivity index (χ2n) is 6.01. The molecule has 1 aromatic rings. The van der Waals surface area contributed by atoms with Crippen LogP contribution in [-0.4, -0.2) is 29.7 Å². The van der Waals surface area contributed by atoms with Gasteiger partial charge in [-0.05, 0) is 31.4 Å². The summed E-state index contributed by atoms with van der Waals surface area (Å²) < 4.78 is 0. The van der Waals surface area contributed by atoms with Crippen molar-refractivity contribution in [1.82, 2.24) is 10.2 Å². The molecule has 0 amide bonds. The molecule has 1 aromatic carbocycles. The Balaban J connectivity index is 1.74. The van der Waals surface area contributed by atoms with E-state index in [1.54, 1.807) is 0 Å². The number of guanidine groups is 1. The van der Waals surface area contributed by atoms with E-state index < -0.39 is 5.79 Å². The minimum absolute atomic E-state index is 0.343. The zero-order valence-corrected chi connectivity index (χ0v) is 12.8. The van der Waals surface area contributed by atoms with Gasteiger partial charge in [-0.3, -0.25) is 0 Å². The number of hydrogen-bond acceptors (Lipinski definition) is 7. The first-order chi connectivity index (χ1) is 11.2. The lowest BCUT2D eigenvalue weighted by atomic mass is 10.1. The van der Waals surface area contributed by atoms with Crippen molar-refractivity contribution in [2.24, 2.45) is 10.7 Å². The Morgan fingerprint density at radius 1 is 1.13 bits per heavy atom. The molecule has 5 N–H and O–H groups in total. The molecule has 0 saturated carbocycles. The van der Waals surface area contributed by atoms with Gasteiger partial charge in [-0.2, -0.15) is 10.3 Å². The lowest BCUT2D eigenvalue weighted by Gasteiger charge is -2.37. The molecule has 3 aliphatic heterocycles. The van der Waals surface area contributed by atoms with Crippen molar-refractivity contribution in [2.45, 2.75) is 25.0 Å². The number of piperidine rings is 1. The molecule has 0 radical (unpaired) electrons. The van der Waals surface area contributed by atoms with Crippen LogP contribution in [0.4, 0.5) is 11.4 Å². The molecule has 7 nitrogen and oxygen atoms in total. The van der Waals surface area contributed by atoms with Gasteiger partial charge in [0.1, 0.15) is 17.5 Å². The lowest BCUT2D eigenvalue weighted by molar-refractivity contribution is 0.329. The van der Waals surface area contributed by atoms with E-state index in [1.165, 1.54) is 6.42 Å². The first-order valence-electron chi connectivity index (χ1n) is 7.89. The number of nitrogens with two attached hydrogens (primary N) is 1. The smallest absolute Gasteiger partial charge is 0.249 e. The molecule has 0 aromatic heterocycles. The van der Waals surface area contributed by atoms with Crippen molar-refractivity contribution < 1.29 is 0 Å². The number of hydrogen-bond donors (Lipinski definition) is 4. The van der Waals surface area contributed by atoms with E-state index in [2.05, 4.69) is 26.9 Å². The van der Waals surface area contributed by atoms with Gasteiger partial charge in [-0.1, -0.05) is 12.1 Å². The summed E-state index contributed by atoms with van der Waals surface area (Å²) in [6, 6.07) is 10.00. The van der Waals surface area contributed by atoms with Gasteiger partial charge in [0.05, 0.1) is 11.4 Å². The molecule has 4 rings (SSSR count). The fraction of sp³-hybridized carbons (Fsp3) is 0.375. The van der Waals surface area contributed by atoms with E-state index in [0.29, 0.717) is 17.4 Å². The van der Waals surface area contributed by atoms with Crippen LogP contribution in [0.1, 0.15) is 19.3 Å². The number of aliphatic imine (C=N–C) groups is 1. The topological polar surface area (TPSA) is 102 Å². The summed E-state index contributed by atoms with van der Waals surface area (Å²) in [5.41, 5.74) is 8.32. The maximum Gasteiger partial charge on any atom is 0.249 e. The number of para-hydroxylation sites is 2. The lowest BCUT2D eigenvalue weighted by Crippen LogP contribution is -2.55. The molecule has 1 spiro atoms. The van der Waals surface area contributed by atoms with Gasteiger partial charge in [-0.15, -0.1) is 0 Å². The average molecular weight is 309 g/mol. The van der Waals surface area contributed by atoms with E-state index in [1.807, 2.05) is 24.3 Å². The van der Waals surface area contributed by atoms with E-state index in [9.17, 15) is 5.26 Å². The maximum absolute atomic E-state index is 9.57. The zero-order valence-electron chi connectivity index (χ0n) is 12.8. The van der Waals surface area contributed by atoms with Crippen molar-refractivity contribution in [3.05, 3.63) is 35.7 Å². The Bertz CT molecular complexity index is 712. The highest BCUT2D eigenvalue weighted by atomic mass is 15.4. The van der Waals surface area contributed by atoms with Crippen LogP contribution in [0.3, 0.4) is 0 Å². The molecule has 3 heterocycles. The number of nitrogens with zero attached hydrogens (tertiary/aromatic N) is 3. The fourth-order valence-electron chi connectivity index (χ4n) is 3.32. The maximum atomic E-state index is 9.57. The van der Waals surface area contributed by atoms with Gasteiger partial charge in [0.15, 0.2) is 0 Å². The first-order valence-corrected chi connectivity index (χ1v) is 7.89. The Kier molecular flexibility index (Phi) is 3.05. The number of nitrogens with one attached hydrogen (secondary N) is 3.